The van der Waals surface area contributed by atoms with Crippen molar-refractivity contribution in [3.8, 4) is 16.9 Å². The molecule has 1 aliphatic rings. The first-order chi connectivity index (χ1) is 15.2. The monoisotopic (exact) mass is 480 g/mol. The molecule has 170 valence electrons. The summed E-state index contributed by atoms with van der Waals surface area (Å²) in [6.07, 6.45) is 1.93. The fraction of sp³-hybridized carbons (Fsp3) is 0.381. The Morgan fingerprint density at radius 2 is 1.62 bits per heavy atom. The van der Waals surface area contributed by atoms with Crippen molar-refractivity contribution < 1.29 is 33.3 Å². The van der Waals surface area contributed by atoms with Crippen LogP contribution >= 0.6 is 23.4 Å². The van der Waals surface area contributed by atoms with Crippen LogP contribution in [0.25, 0.3) is 11.1 Å². The van der Waals surface area contributed by atoms with Crippen LogP contribution in [-0.2, 0) is 28.6 Å². The molecule has 0 aliphatic carbocycles. The maximum atomic E-state index is 11.8. The molecule has 2 aromatic rings. The minimum Gasteiger partial charge on any atom is -0.474 e. The fourth-order valence-electron chi connectivity index (χ4n) is 3.13. The Bertz CT molecular complexity index is 988. The molecule has 0 saturated carbocycles. The third-order valence-electron chi connectivity index (χ3n) is 4.33. The van der Waals surface area contributed by atoms with E-state index < -0.39 is 41.7 Å². The van der Waals surface area contributed by atoms with Gasteiger partial charge in [0, 0.05) is 50.0 Å². The molecule has 1 saturated heterocycles. The largest absolute Gasteiger partial charge is 0.474 e. The van der Waals surface area contributed by atoms with E-state index in [4.69, 9.17) is 30.5 Å². The average Bonchev–Trinajstić information content (AvgIpc) is 2.72. The van der Waals surface area contributed by atoms with Crippen molar-refractivity contribution in [1.29, 1.82) is 0 Å². The van der Waals surface area contributed by atoms with Crippen molar-refractivity contribution in [3.05, 3.63) is 41.9 Å². The first-order valence-corrected chi connectivity index (χ1v) is 11.0. The molecule has 0 amide bonds. The third-order valence-corrected chi connectivity index (χ3v) is 5.77. The Hall–Kier alpha value is -2.85. The summed E-state index contributed by atoms with van der Waals surface area (Å²) < 4.78 is 22.2. The lowest BCUT2D eigenvalue weighted by Crippen LogP contribution is -2.55. The second kappa shape index (κ2) is 10.6. The van der Waals surface area contributed by atoms with Crippen LogP contribution in [0.5, 0.6) is 5.75 Å². The minimum absolute atomic E-state index is 0.272. The molecule has 9 nitrogen and oxygen atoms in total. The Kier molecular flexibility index (Phi) is 7.92. The summed E-state index contributed by atoms with van der Waals surface area (Å²) in [5.41, 5.74) is 0.786. The molecule has 2 aromatic heterocycles. The number of esters is 3. The van der Waals surface area contributed by atoms with Gasteiger partial charge in [-0.15, -0.1) is 11.8 Å². The highest BCUT2D eigenvalue weighted by Gasteiger charge is 2.47. The van der Waals surface area contributed by atoms with E-state index in [2.05, 4.69) is 9.97 Å². The molecule has 4 atom stereocenters. The normalized spacial score (nSPS) is 22.5. The number of pyridine rings is 2. The highest BCUT2D eigenvalue weighted by atomic mass is 35.5. The number of aromatic nitrogens is 2. The molecule has 0 aromatic carbocycles. The van der Waals surface area contributed by atoms with E-state index in [1.807, 2.05) is 0 Å². The molecule has 0 N–H and O–H groups in total. The predicted molar refractivity (Wildman–Crippen MR) is 116 cm³/mol. The van der Waals surface area contributed by atoms with Gasteiger partial charge in [-0.25, -0.2) is 4.98 Å². The molecule has 1 fully saturated rings. The van der Waals surface area contributed by atoms with E-state index in [0.29, 0.717) is 10.9 Å². The maximum absolute atomic E-state index is 11.8. The lowest BCUT2D eigenvalue weighted by molar-refractivity contribution is -0.186. The van der Waals surface area contributed by atoms with E-state index >= 15 is 0 Å². The maximum Gasteiger partial charge on any atom is 0.303 e. The van der Waals surface area contributed by atoms with Gasteiger partial charge in [-0.05, 0) is 18.2 Å². The number of hydrogen-bond acceptors (Lipinski definition) is 10. The van der Waals surface area contributed by atoms with Crippen molar-refractivity contribution in [2.24, 2.45) is 0 Å². The molecule has 0 radical (unpaired) electrons. The fourth-order valence-corrected chi connectivity index (χ4v) is 4.46. The van der Waals surface area contributed by atoms with Crippen LogP contribution < -0.4 is 4.74 Å². The van der Waals surface area contributed by atoms with Crippen LogP contribution in [0.3, 0.4) is 0 Å². The molecular formula is C21H21ClN2O7S. The number of carbonyl (C=O) groups excluding carboxylic acids is 3. The molecule has 3 rings (SSSR count). The van der Waals surface area contributed by atoms with Crippen LogP contribution in [-0.4, -0.2) is 57.4 Å². The Morgan fingerprint density at radius 3 is 2.25 bits per heavy atom. The third kappa shape index (κ3) is 6.33. The van der Waals surface area contributed by atoms with E-state index in [1.54, 1.807) is 30.6 Å². The van der Waals surface area contributed by atoms with E-state index in [1.165, 1.54) is 38.7 Å². The number of carbonyl (C=O) groups is 3. The Balaban J connectivity index is 1.86. The molecule has 3 heterocycles. The minimum atomic E-state index is -1.02. The number of rotatable bonds is 6. The van der Waals surface area contributed by atoms with Crippen molar-refractivity contribution in [1.82, 2.24) is 9.97 Å². The average molecular weight is 481 g/mol. The lowest BCUT2D eigenvalue weighted by Gasteiger charge is -2.39. The molecule has 1 aliphatic heterocycles. The zero-order valence-corrected chi connectivity index (χ0v) is 19.1. The number of halogens is 1. The van der Waals surface area contributed by atoms with Gasteiger partial charge in [-0.1, -0.05) is 11.6 Å². The van der Waals surface area contributed by atoms with E-state index in [-0.39, 0.29) is 5.75 Å². The van der Waals surface area contributed by atoms with Gasteiger partial charge >= 0.3 is 17.9 Å². The van der Waals surface area contributed by atoms with Gasteiger partial charge in [0.15, 0.2) is 23.7 Å². The van der Waals surface area contributed by atoms with Gasteiger partial charge in [0.25, 0.3) is 0 Å². The summed E-state index contributed by atoms with van der Waals surface area (Å²) in [5.74, 6) is -1.06. The number of hydrogen-bond donors (Lipinski definition) is 0. The first-order valence-electron chi connectivity index (χ1n) is 9.60. The van der Waals surface area contributed by atoms with E-state index in [9.17, 15) is 14.4 Å². The zero-order valence-electron chi connectivity index (χ0n) is 17.5. The van der Waals surface area contributed by atoms with Crippen molar-refractivity contribution in [2.45, 2.75) is 44.5 Å². The number of nitrogens with zero attached hydrogens (tertiary/aromatic N) is 2. The number of ether oxygens (including phenoxy) is 4. The Morgan fingerprint density at radius 1 is 0.938 bits per heavy atom. The van der Waals surface area contributed by atoms with Gasteiger partial charge in [-0.2, -0.15) is 0 Å². The second-order valence-corrected chi connectivity index (χ2v) is 8.41. The smallest absolute Gasteiger partial charge is 0.303 e. The Labute approximate surface area is 193 Å². The van der Waals surface area contributed by atoms with Gasteiger partial charge in [0.1, 0.15) is 10.9 Å². The van der Waals surface area contributed by atoms with Gasteiger partial charge in [0.2, 0.25) is 0 Å². The van der Waals surface area contributed by atoms with Crippen LogP contribution in [0.2, 0.25) is 5.15 Å². The topological polar surface area (TPSA) is 114 Å². The first kappa shape index (κ1) is 23.8. The molecule has 0 spiro atoms. The quantitative estimate of drug-likeness (QED) is 0.347. The van der Waals surface area contributed by atoms with Gasteiger partial charge in [0.05, 0.1) is 6.20 Å². The summed E-state index contributed by atoms with van der Waals surface area (Å²) in [5, 5.41) is 0.371. The van der Waals surface area contributed by atoms with Gasteiger partial charge < -0.3 is 18.9 Å². The molecule has 0 bridgehead atoms. The summed E-state index contributed by atoms with van der Waals surface area (Å²) in [4.78, 5) is 43.2. The molecule has 0 unspecified atom stereocenters. The van der Waals surface area contributed by atoms with Crippen molar-refractivity contribution in [2.75, 3.05) is 5.75 Å². The van der Waals surface area contributed by atoms with Crippen molar-refractivity contribution in [3.63, 3.8) is 0 Å². The van der Waals surface area contributed by atoms with E-state index in [0.717, 1.165) is 11.1 Å². The highest BCUT2D eigenvalue weighted by molar-refractivity contribution is 7.99. The molecule has 11 heteroatoms. The summed E-state index contributed by atoms with van der Waals surface area (Å²) in [7, 11) is 0. The lowest BCUT2D eigenvalue weighted by atomic mass is 10.1. The highest BCUT2D eigenvalue weighted by Crippen LogP contribution is 2.35. The van der Waals surface area contributed by atoms with Crippen molar-refractivity contribution >= 4 is 41.3 Å². The van der Waals surface area contributed by atoms with Crippen LogP contribution in [0.4, 0.5) is 0 Å². The molecule has 32 heavy (non-hydrogen) atoms. The SMILES string of the molecule is CC(=O)O[C@@H]1[C@@H](OC(C)=O)[C@H](OC(C)=O)CS[C@H]1Oc1cncc(-c2ccc(Cl)nc2)c1. The zero-order chi connectivity index (χ0) is 23.3. The predicted octanol–water partition coefficient (Wildman–Crippen LogP) is 3.04. The van der Waals surface area contributed by atoms with Crippen LogP contribution in [0.15, 0.2) is 36.8 Å². The van der Waals surface area contributed by atoms with Crippen LogP contribution in [0.1, 0.15) is 20.8 Å². The standard InChI is InChI=1S/C21H21ClN2O7S/c1-11(25)28-17-10-32-21(20(30-13(3)27)19(17)29-12(2)26)31-16-6-15(7-23-9-16)14-4-5-18(22)24-8-14/h4-9,17,19-21H,10H2,1-3H3/t17-,19+,20-,21-/m1/s1. The summed E-state index contributed by atoms with van der Waals surface area (Å²) in [6, 6.07) is 5.22. The molecular weight excluding hydrogens is 460 g/mol. The van der Waals surface area contributed by atoms with Crippen LogP contribution in [0, 0.1) is 0 Å². The second-order valence-electron chi connectivity index (χ2n) is 6.89. The summed E-state index contributed by atoms with van der Waals surface area (Å²) in [6.45, 7) is 3.71. The summed E-state index contributed by atoms with van der Waals surface area (Å²) >= 11 is 7.11. The number of thioether (sulfide) groups is 1. The van der Waals surface area contributed by atoms with Gasteiger partial charge in [-0.3, -0.25) is 19.4 Å².